The minimum absolute atomic E-state index is 0.236. The van der Waals surface area contributed by atoms with E-state index in [1.165, 1.54) is 0 Å². The van der Waals surface area contributed by atoms with Gasteiger partial charge in [-0.3, -0.25) is 0 Å². The van der Waals surface area contributed by atoms with Gasteiger partial charge in [-0.2, -0.15) is 0 Å². The third-order valence-corrected chi connectivity index (χ3v) is 1.02. The van der Waals surface area contributed by atoms with E-state index in [2.05, 4.69) is 12.2 Å². The first-order valence-electron chi connectivity index (χ1n) is 3.15. The van der Waals surface area contributed by atoms with E-state index in [1.54, 1.807) is 0 Å². The summed E-state index contributed by atoms with van der Waals surface area (Å²) in [5.74, 6) is 0. The first-order chi connectivity index (χ1) is 3.81. The van der Waals surface area contributed by atoms with Gasteiger partial charge in [0.1, 0.15) is 0 Å². The molecule has 0 saturated heterocycles. The maximum atomic E-state index is 8.50. The summed E-state index contributed by atoms with van der Waals surface area (Å²) in [6.07, 6.45) is 1.13. The highest BCUT2D eigenvalue weighted by atomic mass is 16.3. The van der Waals surface area contributed by atoms with E-state index in [1.807, 2.05) is 6.92 Å². The predicted molar refractivity (Wildman–Crippen MR) is 34.8 cm³/mol. The number of rotatable bonds is 4. The van der Waals surface area contributed by atoms with Crippen LogP contribution in [0.5, 0.6) is 0 Å². The number of aliphatic hydroxyl groups excluding tert-OH is 1. The zero-order valence-electron chi connectivity index (χ0n) is 5.65. The Hall–Kier alpha value is -0.0800. The molecule has 0 aliphatic rings. The molecule has 0 radical (unpaired) electrons. The van der Waals surface area contributed by atoms with Crippen LogP contribution >= 0.6 is 0 Å². The molecule has 0 aliphatic carbocycles. The van der Waals surface area contributed by atoms with Crippen LogP contribution in [0.2, 0.25) is 0 Å². The van der Waals surface area contributed by atoms with Crippen molar-refractivity contribution in [2.45, 2.75) is 26.3 Å². The van der Waals surface area contributed by atoms with Gasteiger partial charge in [-0.25, -0.2) is 0 Å². The van der Waals surface area contributed by atoms with E-state index in [0.29, 0.717) is 0 Å². The minimum atomic E-state index is 0.236. The molecule has 0 bridgehead atoms. The van der Waals surface area contributed by atoms with Crippen LogP contribution in [-0.4, -0.2) is 24.3 Å². The Labute approximate surface area is 50.9 Å². The Morgan fingerprint density at radius 3 is 2.62 bits per heavy atom. The van der Waals surface area contributed by atoms with Gasteiger partial charge in [0.05, 0.1) is 6.61 Å². The molecule has 0 aromatic heterocycles. The van der Waals surface area contributed by atoms with Crippen molar-refractivity contribution < 1.29 is 5.11 Å². The molecule has 0 unspecified atom stereocenters. The van der Waals surface area contributed by atoms with Gasteiger partial charge in [-0.05, 0) is 19.9 Å². The van der Waals surface area contributed by atoms with Gasteiger partial charge in [0.25, 0.3) is 0 Å². The summed E-state index contributed by atoms with van der Waals surface area (Å²) in [5.41, 5.74) is 0. The van der Waals surface area contributed by atoms with Gasteiger partial charge in [0, 0.05) is 6.04 Å². The fraction of sp³-hybridized carbons (Fsp3) is 1.00. The van der Waals surface area contributed by atoms with Crippen molar-refractivity contribution >= 4 is 0 Å². The number of nitrogens with one attached hydrogen (secondary N) is 1. The molecule has 8 heavy (non-hydrogen) atoms. The van der Waals surface area contributed by atoms with Crippen LogP contribution in [0.4, 0.5) is 0 Å². The molecule has 0 saturated carbocycles. The van der Waals surface area contributed by atoms with E-state index in [-0.39, 0.29) is 12.6 Å². The zero-order valence-corrected chi connectivity index (χ0v) is 5.65. The highest BCUT2D eigenvalue weighted by Gasteiger charge is 1.93. The normalized spacial score (nSPS) is 13.9. The Balaban J connectivity index is 2.86. The number of aliphatic hydroxyl groups is 1. The highest BCUT2D eigenvalue weighted by Crippen LogP contribution is 1.77. The molecule has 0 aromatic rings. The lowest BCUT2D eigenvalue weighted by Crippen LogP contribution is -2.29. The average Bonchev–Trinajstić information content (AvgIpc) is 1.83. The summed E-state index contributed by atoms with van der Waals surface area (Å²) < 4.78 is 0. The second kappa shape index (κ2) is 5.06. The van der Waals surface area contributed by atoms with Gasteiger partial charge in [0.2, 0.25) is 0 Å². The van der Waals surface area contributed by atoms with Gasteiger partial charge >= 0.3 is 0 Å². The second-order valence-electron chi connectivity index (χ2n) is 2.04. The van der Waals surface area contributed by atoms with Crippen molar-refractivity contribution in [2.24, 2.45) is 0 Å². The molecule has 0 heterocycles. The molecule has 2 heteroatoms. The van der Waals surface area contributed by atoms with Crippen LogP contribution in [-0.2, 0) is 0 Å². The van der Waals surface area contributed by atoms with E-state index in [4.69, 9.17) is 5.11 Å². The fourth-order valence-corrected chi connectivity index (χ4v) is 0.455. The molecule has 0 aliphatic heterocycles. The number of hydrogen-bond donors (Lipinski definition) is 2. The van der Waals surface area contributed by atoms with Gasteiger partial charge < -0.3 is 10.4 Å². The SMILES string of the molecule is CCCN[C@H](C)CO. The second-order valence-corrected chi connectivity index (χ2v) is 2.04. The molecule has 0 spiro atoms. The molecule has 0 rings (SSSR count). The maximum Gasteiger partial charge on any atom is 0.0581 e. The van der Waals surface area contributed by atoms with Crippen LogP contribution in [0.25, 0.3) is 0 Å². The van der Waals surface area contributed by atoms with E-state index in [0.717, 1.165) is 13.0 Å². The van der Waals surface area contributed by atoms with Crippen molar-refractivity contribution in [2.75, 3.05) is 13.2 Å². The molecule has 2 N–H and O–H groups in total. The lowest BCUT2D eigenvalue weighted by molar-refractivity contribution is 0.252. The smallest absolute Gasteiger partial charge is 0.0581 e. The third-order valence-electron chi connectivity index (χ3n) is 1.02. The molecule has 0 amide bonds. The molecular weight excluding hydrogens is 102 g/mol. The molecule has 50 valence electrons. The highest BCUT2D eigenvalue weighted by molar-refractivity contribution is 4.55. The minimum Gasteiger partial charge on any atom is -0.395 e. The summed E-state index contributed by atoms with van der Waals surface area (Å²) >= 11 is 0. The topological polar surface area (TPSA) is 32.3 Å². The quantitative estimate of drug-likeness (QED) is 0.557. The first kappa shape index (κ1) is 7.92. The van der Waals surface area contributed by atoms with Crippen molar-refractivity contribution in [3.05, 3.63) is 0 Å². The van der Waals surface area contributed by atoms with Crippen molar-refractivity contribution in [3.8, 4) is 0 Å². The maximum absolute atomic E-state index is 8.50. The Morgan fingerprint density at radius 2 is 2.25 bits per heavy atom. The first-order valence-corrected chi connectivity index (χ1v) is 3.15. The van der Waals surface area contributed by atoms with E-state index < -0.39 is 0 Å². The largest absolute Gasteiger partial charge is 0.395 e. The summed E-state index contributed by atoms with van der Waals surface area (Å²) in [4.78, 5) is 0. The molecule has 0 aromatic carbocycles. The third kappa shape index (κ3) is 4.09. The van der Waals surface area contributed by atoms with Crippen LogP contribution in [0.15, 0.2) is 0 Å². The van der Waals surface area contributed by atoms with Crippen molar-refractivity contribution in [1.82, 2.24) is 5.32 Å². The van der Waals surface area contributed by atoms with Crippen molar-refractivity contribution in [1.29, 1.82) is 0 Å². The lowest BCUT2D eigenvalue weighted by atomic mass is 10.3. The van der Waals surface area contributed by atoms with Crippen LogP contribution in [0.3, 0.4) is 0 Å². The Morgan fingerprint density at radius 1 is 1.62 bits per heavy atom. The van der Waals surface area contributed by atoms with Gasteiger partial charge in [-0.15, -0.1) is 0 Å². The molecular formula is C6H15NO. The number of hydrogen-bond acceptors (Lipinski definition) is 2. The van der Waals surface area contributed by atoms with Crippen LogP contribution in [0, 0.1) is 0 Å². The van der Waals surface area contributed by atoms with Crippen LogP contribution in [0.1, 0.15) is 20.3 Å². The summed E-state index contributed by atoms with van der Waals surface area (Å²) in [7, 11) is 0. The van der Waals surface area contributed by atoms with E-state index in [9.17, 15) is 0 Å². The Kier molecular flexibility index (Phi) is 5.01. The zero-order chi connectivity index (χ0) is 6.41. The lowest BCUT2D eigenvalue weighted by Gasteiger charge is -2.07. The van der Waals surface area contributed by atoms with E-state index >= 15 is 0 Å². The van der Waals surface area contributed by atoms with Crippen molar-refractivity contribution in [3.63, 3.8) is 0 Å². The summed E-state index contributed by atoms with van der Waals surface area (Å²) in [6, 6.07) is 0.259. The summed E-state index contributed by atoms with van der Waals surface area (Å²) in [5, 5.41) is 11.6. The fourth-order valence-electron chi connectivity index (χ4n) is 0.455. The molecule has 0 fully saturated rings. The molecule has 1 atom stereocenters. The van der Waals surface area contributed by atoms with Gasteiger partial charge in [0.15, 0.2) is 0 Å². The van der Waals surface area contributed by atoms with Crippen LogP contribution < -0.4 is 5.32 Å². The van der Waals surface area contributed by atoms with Gasteiger partial charge in [-0.1, -0.05) is 6.92 Å². The Bertz CT molecular complexity index is 47.8. The average molecular weight is 117 g/mol. The molecule has 2 nitrogen and oxygen atoms in total. The monoisotopic (exact) mass is 117 g/mol. The predicted octanol–water partition coefficient (Wildman–Crippen LogP) is 0.367. The standard InChI is InChI=1S/C6H15NO/c1-3-4-7-6(2)5-8/h6-8H,3-5H2,1-2H3/t6-/m1/s1. The summed E-state index contributed by atoms with van der Waals surface area (Å²) in [6.45, 7) is 5.31.